The summed E-state index contributed by atoms with van der Waals surface area (Å²) in [5.41, 5.74) is -1.16. The molecule has 102 valence electrons. The van der Waals surface area contributed by atoms with E-state index in [-0.39, 0.29) is 5.54 Å². The van der Waals surface area contributed by atoms with Crippen molar-refractivity contribution in [3.05, 3.63) is 24.2 Å². The third-order valence-corrected chi connectivity index (χ3v) is 2.37. The van der Waals surface area contributed by atoms with Crippen molar-refractivity contribution in [2.75, 3.05) is 13.6 Å². The van der Waals surface area contributed by atoms with Crippen LogP contribution in [0.25, 0.3) is 0 Å². The molecule has 1 unspecified atom stereocenters. The summed E-state index contributed by atoms with van der Waals surface area (Å²) in [4.78, 5) is 4.11. The summed E-state index contributed by atoms with van der Waals surface area (Å²) in [5, 5.41) is 16.6. The van der Waals surface area contributed by atoms with Gasteiger partial charge in [0.25, 0.3) is 0 Å². The van der Waals surface area contributed by atoms with Gasteiger partial charge in [-0.3, -0.25) is 4.99 Å². The molecular weight excluding hydrogens is 230 g/mol. The topological polar surface area (TPSA) is 69.8 Å². The Kier molecular flexibility index (Phi) is 4.40. The van der Waals surface area contributed by atoms with E-state index in [1.807, 2.05) is 20.8 Å². The Morgan fingerprint density at radius 1 is 1.39 bits per heavy atom. The lowest BCUT2D eigenvalue weighted by Crippen LogP contribution is -2.50. The third kappa shape index (κ3) is 4.41. The summed E-state index contributed by atoms with van der Waals surface area (Å²) in [6.07, 6.45) is 1.55. The predicted octanol–water partition coefficient (Wildman–Crippen LogP) is 1.45. The van der Waals surface area contributed by atoms with E-state index in [0.29, 0.717) is 18.3 Å². The van der Waals surface area contributed by atoms with Gasteiger partial charge in [0.1, 0.15) is 11.4 Å². The highest BCUT2D eigenvalue weighted by molar-refractivity contribution is 5.80. The number of hydrogen-bond acceptors (Lipinski definition) is 3. The molecule has 1 aromatic heterocycles. The first-order valence-corrected chi connectivity index (χ1v) is 6.00. The molecule has 3 N–H and O–H groups in total. The predicted molar refractivity (Wildman–Crippen MR) is 72.5 cm³/mol. The summed E-state index contributed by atoms with van der Waals surface area (Å²) in [7, 11) is 1.70. The summed E-state index contributed by atoms with van der Waals surface area (Å²) < 4.78 is 5.21. The number of guanidine groups is 1. The summed E-state index contributed by atoms with van der Waals surface area (Å²) in [6.45, 7) is 8.15. The van der Waals surface area contributed by atoms with Gasteiger partial charge < -0.3 is 20.2 Å². The summed E-state index contributed by atoms with van der Waals surface area (Å²) in [5.74, 6) is 1.18. The molecule has 0 fully saturated rings. The van der Waals surface area contributed by atoms with E-state index in [1.54, 1.807) is 32.4 Å². The van der Waals surface area contributed by atoms with E-state index in [9.17, 15) is 5.11 Å². The number of rotatable bonds is 3. The quantitative estimate of drug-likeness (QED) is 0.563. The van der Waals surface area contributed by atoms with Crippen LogP contribution in [0.2, 0.25) is 0 Å². The fourth-order valence-electron chi connectivity index (χ4n) is 1.46. The average Bonchev–Trinajstić information content (AvgIpc) is 2.76. The monoisotopic (exact) mass is 253 g/mol. The zero-order valence-corrected chi connectivity index (χ0v) is 11.7. The molecule has 1 aromatic rings. The summed E-state index contributed by atoms with van der Waals surface area (Å²) in [6, 6.07) is 3.51. The van der Waals surface area contributed by atoms with Crippen LogP contribution in [0.3, 0.4) is 0 Å². The van der Waals surface area contributed by atoms with E-state index >= 15 is 0 Å². The highest BCUT2D eigenvalue weighted by Gasteiger charge is 2.26. The second-order valence-corrected chi connectivity index (χ2v) is 5.55. The molecule has 0 saturated heterocycles. The van der Waals surface area contributed by atoms with Crippen LogP contribution in [0.1, 0.15) is 33.5 Å². The molecule has 0 saturated carbocycles. The largest absolute Gasteiger partial charge is 0.466 e. The standard InChI is InChI=1S/C13H23N3O2/c1-12(2,3)16-11(14-5)15-9-13(4,17)10-7-6-8-18-10/h6-8,17H,9H2,1-5H3,(H2,14,15,16). The normalized spacial score (nSPS) is 16.2. The van der Waals surface area contributed by atoms with Crippen molar-refractivity contribution in [2.45, 2.75) is 38.8 Å². The SMILES string of the molecule is CN=C(NCC(C)(O)c1ccco1)NC(C)(C)C. The van der Waals surface area contributed by atoms with Gasteiger partial charge in [0.2, 0.25) is 0 Å². The maximum atomic E-state index is 10.3. The minimum atomic E-state index is -1.07. The maximum Gasteiger partial charge on any atom is 0.191 e. The lowest BCUT2D eigenvalue weighted by molar-refractivity contribution is 0.0385. The lowest BCUT2D eigenvalue weighted by Gasteiger charge is -2.27. The Bertz CT molecular complexity index is 389. The van der Waals surface area contributed by atoms with Crippen molar-refractivity contribution in [3.63, 3.8) is 0 Å². The first-order valence-electron chi connectivity index (χ1n) is 6.00. The van der Waals surface area contributed by atoms with Crippen LogP contribution in [0.5, 0.6) is 0 Å². The molecule has 5 heteroatoms. The third-order valence-electron chi connectivity index (χ3n) is 2.37. The molecule has 18 heavy (non-hydrogen) atoms. The van der Waals surface area contributed by atoms with Gasteiger partial charge in [-0.2, -0.15) is 0 Å². The second-order valence-electron chi connectivity index (χ2n) is 5.55. The second kappa shape index (κ2) is 5.44. The lowest BCUT2D eigenvalue weighted by atomic mass is 10.0. The van der Waals surface area contributed by atoms with E-state index in [4.69, 9.17) is 4.42 Å². The number of aliphatic hydroxyl groups is 1. The smallest absolute Gasteiger partial charge is 0.191 e. The molecular formula is C13H23N3O2. The van der Waals surface area contributed by atoms with E-state index in [0.717, 1.165) is 0 Å². The van der Waals surface area contributed by atoms with Gasteiger partial charge in [-0.15, -0.1) is 0 Å². The van der Waals surface area contributed by atoms with Crippen LogP contribution in [-0.2, 0) is 5.60 Å². The summed E-state index contributed by atoms with van der Waals surface area (Å²) >= 11 is 0. The first kappa shape index (κ1) is 14.6. The van der Waals surface area contributed by atoms with Crippen LogP contribution < -0.4 is 10.6 Å². The molecule has 0 amide bonds. The van der Waals surface area contributed by atoms with Gasteiger partial charge in [0.05, 0.1) is 12.8 Å². The molecule has 0 aliphatic heterocycles. The van der Waals surface area contributed by atoms with Crippen molar-refractivity contribution >= 4 is 5.96 Å². The molecule has 5 nitrogen and oxygen atoms in total. The number of nitrogens with zero attached hydrogens (tertiary/aromatic N) is 1. The van der Waals surface area contributed by atoms with Gasteiger partial charge in [0, 0.05) is 12.6 Å². The molecule has 0 aliphatic carbocycles. The van der Waals surface area contributed by atoms with Gasteiger partial charge in [0.15, 0.2) is 5.96 Å². The van der Waals surface area contributed by atoms with E-state index in [2.05, 4.69) is 15.6 Å². The Balaban J connectivity index is 2.59. The van der Waals surface area contributed by atoms with Crippen molar-refractivity contribution in [2.24, 2.45) is 4.99 Å². The van der Waals surface area contributed by atoms with E-state index in [1.165, 1.54) is 0 Å². The van der Waals surface area contributed by atoms with Crippen LogP contribution in [0.15, 0.2) is 27.8 Å². The minimum absolute atomic E-state index is 0.0849. The zero-order chi connectivity index (χ0) is 13.8. The van der Waals surface area contributed by atoms with Crippen molar-refractivity contribution in [1.29, 1.82) is 0 Å². The van der Waals surface area contributed by atoms with Crippen LogP contribution in [0, 0.1) is 0 Å². The fourth-order valence-corrected chi connectivity index (χ4v) is 1.46. The van der Waals surface area contributed by atoms with Crippen LogP contribution >= 0.6 is 0 Å². The molecule has 0 spiro atoms. The maximum absolute atomic E-state index is 10.3. The molecule has 1 rings (SSSR count). The van der Waals surface area contributed by atoms with Gasteiger partial charge in [-0.05, 0) is 39.8 Å². The number of furan rings is 1. The average molecular weight is 253 g/mol. The fraction of sp³-hybridized carbons (Fsp3) is 0.615. The van der Waals surface area contributed by atoms with Crippen LogP contribution in [-0.4, -0.2) is 30.2 Å². The Morgan fingerprint density at radius 3 is 2.50 bits per heavy atom. The molecule has 0 radical (unpaired) electrons. The highest BCUT2D eigenvalue weighted by atomic mass is 16.4. The molecule has 0 aliphatic rings. The first-order chi connectivity index (χ1) is 8.24. The highest BCUT2D eigenvalue weighted by Crippen LogP contribution is 2.19. The molecule has 1 heterocycles. The van der Waals surface area contributed by atoms with Crippen LogP contribution in [0.4, 0.5) is 0 Å². The van der Waals surface area contributed by atoms with Gasteiger partial charge in [-0.1, -0.05) is 0 Å². The van der Waals surface area contributed by atoms with E-state index < -0.39 is 5.60 Å². The number of hydrogen-bond donors (Lipinski definition) is 3. The molecule has 1 atom stereocenters. The minimum Gasteiger partial charge on any atom is -0.466 e. The number of nitrogens with one attached hydrogen (secondary N) is 2. The number of aliphatic imine (C=N–C) groups is 1. The van der Waals surface area contributed by atoms with Crippen molar-refractivity contribution in [3.8, 4) is 0 Å². The zero-order valence-electron chi connectivity index (χ0n) is 11.7. The Hall–Kier alpha value is -1.49. The van der Waals surface area contributed by atoms with Crippen molar-refractivity contribution in [1.82, 2.24) is 10.6 Å². The molecule has 0 bridgehead atoms. The van der Waals surface area contributed by atoms with Crippen molar-refractivity contribution < 1.29 is 9.52 Å². The molecule has 0 aromatic carbocycles. The van der Waals surface area contributed by atoms with Gasteiger partial charge >= 0.3 is 0 Å². The Labute approximate surface area is 108 Å². The van der Waals surface area contributed by atoms with Gasteiger partial charge in [-0.25, -0.2) is 0 Å². The Morgan fingerprint density at radius 2 is 2.06 bits per heavy atom.